The van der Waals surface area contributed by atoms with Crippen molar-refractivity contribution in [2.45, 2.75) is 13.5 Å². The fourth-order valence-electron chi connectivity index (χ4n) is 3.42. The van der Waals surface area contributed by atoms with Crippen molar-refractivity contribution in [2.24, 2.45) is 4.99 Å². The highest BCUT2D eigenvalue weighted by molar-refractivity contribution is 6.34. The van der Waals surface area contributed by atoms with Crippen LogP contribution in [0.3, 0.4) is 0 Å². The molecular weight excluding hydrogens is 436 g/mol. The smallest absolute Gasteiger partial charge is 0.264 e. The summed E-state index contributed by atoms with van der Waals surface area (Å²) < 4.78 is 0. The number of hydrogen-bond donors (Lipinski definition) is 2. The van der Waals surface area contributed by atoms with E-state index in [1.165, 1.54) is 0 Å². The second-order valence-electron chi connectivity index (χ2n) is 7.44. The van der Waals surface area contributed by atoms with Gasteiger partial charge in [-0.3, -0.25) is 9.59 Å². The molecule has 0 saturated heterocycles. The van der Waals surface area contributed by atoms with Crippen LogP contribution in [0.15, 0.2) is 83.4 Å². The van der Waals surface area contributed by atoms with Gasteiger partial charge in [-0.1, -0.05) is 77.8 Å². The van der Waals surface area contributed by atoms with Crippen molar-refractivity contribution in [1.82, 2.24) is 10.6 Å². The van der Waals surface area contributed by atoms with Crippen LogP contribution in [0.1, 0.15) is 32.6 Å². The van der Waals surface area contributed by atoms with E-state index >= 15 is 0 Å². The van der Waals surface area contributed by atoms with Gasteiger partial charge < -0.3 is 10.6 Å². The minimum atomic E-state index is -0.537. The van der Waals surface area contributed by atoms with Gasteiger partial charge in [-0.25, -0.2) is 4.99 Å². The van der Waals surface area contributed by atoms with Gasteiger partial charge >= 0.3 is 0 Å². The predicted molar refractivity (Wildman–Crippen MR) is 127 cm³/mol. The number of nitriles is 1. The molecular formula is C26H19ClN4O2. The number of aryl methyl sites for hydroxylation is 1. The Morgan fingerprint density at radius 2 is 1.64 bits per heavy atom. The summed E-state index contributed by atoms with van der Waals surface area (Å²) >= 11 is 6.14. The highest BCUT2D eigenvalue weighted by Gasteiger charge is 2.27. The first-order valence-corrected chi connectivity index (χ1v) is 10.6. The van der Waals surface area contributed by atoms with Gasteiger partial charge in [0, 0.05) is 17.7 Å². The molecule has 0 fully saturated rings. The number of carbonyl (C=O) groups is 2. The molecule has 33 heavy (non-hydrogen) atoms. The minimum absolute atomic E-state index is 0.128. The monoisotopic (exact) mass is 454 g/mol. The fraction of sp³-hybridized carbons (Fsp3) is 0.0769. The summed E-state index contributed by atoms with van der Waals surface area (Å²) in [4.78, 5) is 30.0. The maximum absolute atomic E-state index is 12.8. The Labute approximate surface area is 196 Å². The van der Waals surface area contributed by atoms with Crippen LogP contribution in [0.2, 0.25) is 5.02 Å². The van der Waals surface area contributed by atoms with Gasteiger partial charge in [0.2, 0.25) is 0 Å². The number of halogens is 1. The Morgan fingerprint density at radius 3 is 2.33 bits per heavy atom. The highest BCUT2D eigenvalue weighted by atomic mass is 35.5. The summed E-state index contributed by atoms with van der Waals surface area (Å²) in [6.45, 7) is 2.26. The Bertz CT molecular complexity index is 1350. The first-order chi connectivity index (χ1) is 16.0. The summed E-state index contributed by atoms with van der Waals surface area (Å²) in [5, 5.41) is 15.6. The van der Waals surface area contributed by atoms with Crippen molar-refractivity contribution in [1.29, 1.82) is 5.26 Å². The van der Waals surface area contributed by atoms with Crippen molar-refractivity contribution in [3.63, 3.8) is 0 Å². The maximum Gasteiger partial charge on any atom is 0.264 e. The van der Waals surface area contributed by atoms with Crippen LogP contribution in [-0.2, 0) is 11.3 Å². The van der Waals surface area contributed by atoms with E-state index in [0.717, 1.165) is 11.1 Å². The van der Waals surface area contributed by atoms with Gasteiger partial charge in [-0.2, -0.15) is 5.26 Å². The number of amidine groups is 1. The summed E-state index contributed by atoms with van der Waals surface area (Å²) in [7, 11) is 0. The molecule has 4 rings (SSSR count). The second-order valence-corrected chi connectivity index (χ2v) is 7.85. The number of rotatable bonds is 4. The topological polar surface area (TPSA) is 94.3 Å². The lowest BCUT2D eigenvalue weighted by Gasteiger charge is -2.07. The van der Waals surface area contributed by atoms with Gasteiger partial charge in [0.1, 0.15) is 17.5 Å². The number of hydrogen-bond acceptors (Lipinski definition) is 4. The number of aliphatic imine (C=N–C) groups is 1. The maximum atomic E-state index is 12.8. The Kier molecular flexibility index (Phi) is 6.34. The fourth-order valence-corrected chi connectivity index (χ4v) is 3.64. The molecule has 1 aliphatic rings. The van der Waals surface area contributed by atoms with Crippen LogP contribution in [0.4, 0.5) is 0 Å². The van der Waals surface area contributed by atoms with Crippen LogP contribution in [0.25, 0.3) is 5.70 Å². The predicted octanol–water partition coefficient (Wildman–Crippen LogP) is 4.39. The minimum Gasteiger partial charge on any atom is -0.347 e. The summed E-state index contributed by atoms with van der Waals surface area (Å²) in [5.41, 5.74) is 3.63. The largest absolute Gasteiger partial charge is 0.347 e. The third-order valence-electron chi connectivity index (χ3n) is 5.16. The molecule has 3 aromatic rings. The van der Waals surface area contributed by atoms with Gasteiger partial charge in [-0.15, -0.1) is 0 Å². The van der Waals surface area contributed by atoms with E-state index in [9.17, 15) is 14.9 Å². The van der Waals surface area contributed by atoms with E-state index in [-0.39, 0.29) is 23.7 Å². The first-order valence-electron chi connectivity index (χ1n) is 10.2. The number of nitrogens with one attached hydrogen (secondary N) is 2. The quantitative estimate of drug-likeness (QED) is 0.452. The zero-order valence-corrected chi connectivity index (χ0v) is 18.5. The SMILES string of the molecule is Cc1ccc(CNC(=O)C(C#N)=C2N=C(NC(=O)c3ccccc3Cl)c3ccccc32)cc1. The molecule has 2 amide bonds. The standard InChI is InChI=1S/C26H19ClN4O2/c1-16-10-12-17(13-11-16)15-29-25(32)21(14-28)23-18-6-2-3-7-19(18)24(30-23)31-26(33)20-8-4-5-9-22(20)27/h2-13H,15H2,1H3,(H,29,32)(H,30,31,33). The molecule has 1 heterocycles. The molecule has 3 aromatic carbocycles. The molecule has 0 aromatic heterocycles. The molecule has 0 radical (unpaired) electrons. The van der Waals surface area contributed by atoms with Crippen LogP contribution >= 0.6 is 11.6 Å². The lowest BCUT2D eigenvalue weighted by molar-refractivity contribution is -0.117. The van der Waals surface area contributed by atoms with Gasteiger partial charge in [0.15, 0.2) is 0 Å². The molecule has 0 spiro atoms. The highest BCUT2D eigenvalue weighted by Crippen LogP contribution is 2.31. The number of fused-ring (bicyclic) bond motifs is 1. The molecule has 0 saturated carbocycles. The number of nitrogens with zero attached hydrogens (tertiary/aromatic N) is 2. The molecule has 1 aliphatic heterocycles. The molecule has 162 valence electrons. The number of benzene rings is 3. The Morgan fingerprint density at radius 1 is 0.970 bits per heavy atom. The van der Waals surface area contributed by atoms with Gasteiger partial charge in [-0.05, 0) is 24.6 Å². The first kappa shape index (κ1) is 22.0. The van der Waals surface area contributed by atoms with Crippen molar-refractivity contribution < 1.29 is 9.59 Å². The number of amides is 2. The van der Waals surface area contributed by atoms with Crippen molar-refractivity contribution in [2.75, 3.05) is 0 Å². The lowest BCUT2D eigenvalue weighted by atomic mass is 10.0. The third kappa shape index (κ3) is 4.69. The van der Waals surface area contributed by atoms with Crippen molar-refractivity contribution in [3.8, 4) is 6.07 Å². The molecule has 0 bridgehead atoms. The molecule has 6 nitrogen and oxygen atoms in total. The third-order valence-corrected chi connectivity index (χ3v) is 5.49. The Hall–Kier alpha value is -4.21. The van der Waals surface area contributed by atoms with Crippen LogP contribution in [0, 0.1) is 18.3 Å². The molecule has 2 N–H and O–H groups in total. The molecule has 0 unspecified atom stereocenters. The normalized spacial score (nSPS) is 13.4. The van der Waals surface area contributed by atoms with E-state index in [1.54, 1.807) is 48.5 Å². The second kappa shape index (κ2) is 9.51. The van der Waals surface area contributed by atoms with Crippen LogP contribution < -0.4 is 10.6 Å². The van der Waals surface area contributed by atoms with E-state index in [4.69, 9.17) is 11.6 Å². The van der Waals surface area contributed by atoms with Gasteiger partial charge in [0.05, 0.1) is 16.3 Å². The average molecular weight is 455 g/mol. The van der Waals surface area contributed by atoms with Crippen molar-refractivity contribution in [3.05, 3.63) is 111 Å². The van der Waals surface area contributed by atoms with E-state index in [0.29, 0.717) is 21.7 Å². The zero-order valence-electron chi connectivity index (χ0n) is 17.7. The molecule has 7 heteroatoms. The summed E-state index contributed by atoms with van der Waals surface area (Å²) in [6, 6.07) is 23.5. The molecule has 0 atom stereocenters. The van der Waals surface area contributed by atoms with E-state index in [2.05, 4.69) is 15.6 Å². The number of carbonyl (C=O) groups excluding carboxylic acids is 2. The van der Waals surface area contributed by atoms with E-state index in [1.807, 2.05) is 37.3 Å². The summed E-state index contributed by atoms with van der Waals surface area (Å²) in [5.74, 6) is -0.715. The summed E-state index contributed by atoms with van der Waals surface area (Å²) in [6.07, 6.45) is 0. The van der Waals surface area contributed by atoms with Crippen LogP contribution in [-0.4, -0.2) is 17.6 Å². The lowest BCUT2D eigenvalue weighted by Crippen LogP contribution is -2.30. The molecule has 0 aliphatic carbocycles. The van der Waals surface area contributed by atoms with Gasteiger partial charge in [0.25, 0.3) is 11.8 Å². The van der Waals surface area contributed by atoms with Crippen LogP contribution in [0.5, 0.6) is 0 Å². The zero-order chi connectivity index (χ0) is 23.4. The average Bonchev–Trinajstić information content (AvgIpc) is 3.17. The van der Waals surface area contributed by atoms with E-state index < -0.39 is 11.8 Å². The van der Waals surface area contributed by atoms with Crippen molar-refractivity contribution >= 4 is 34.9 Å². The Balaban J connectivity index is 1.63.